The average molecular weight is 310 g/mol. The van der Waals surface area contributed by atoms with Gasteiger partial charge in [-0.15, -0.1) is 0 Å². The molecule has 0 spiro atoms. The van der Waals surface area contributed by atoms with Gasteiger partial charge in [0.05, 0.1) is 11.4 Å². The van der Waals surface area contributed by atoms with Crippen LogP contribution < -0.4 is 10.7 Å². The van der Waals surface area contributed by atoms with Crippen molar-refractivity contribution in [1.29, 1.82) is 5.26 Å². The van der Waals surface area contributed by atoms with E-state index in [0.29, 0.717) is 17.3 Å². The van der Waals surface area contributed by atoms with Crippen LogP contribution in [0.3, 0.4) is 0 Å². The minimum Gasteiger partial charge on any atom is -0.383 e. The molecule has 0 amide bonds. The molecule has 2 aliphatic rings. The third-order valence-corrected chi connectivity index (χ3v) is 4.73. The number of thioether (sulfide) groups is 1. The van der Waals surface area contributed by atoms with Crippen LogP contribution in [-0.4, -0.2) is 17.2 Å². The zero-order chi connectivity index (χ0) is 15.7. The summed E-state index contributed by atoms with van der Waals surface area (Å²) in [6.07, 6.45) is 2.04. The SMILES string of the molecule is CC(C)c1ccc(N2N=C3CSCC=C3C(C#N)=C2N)cc1. The first-order valence-corrected chi connectivity index (χ1v) is 8.43. The number of hydrogen-bond acceptors (Lipinski definition) is 5. The van der Waals surface area contributed by atoms with Crippen LogP contribution in [0.25, 0.3) is 0 Å². The molecule has 0 saturated heterocycles. The molecule has 5 heteroatoms. The summed E-state index contributed by atoms with van der Waals surface area (Å²) in [6.45, 7) is 4.32. The van der Waals surface area contributed by atoms with Gasteiger partial charge < -0.3 is 5.73 Å². The van der Waals surface area contributed by atoms with Crippen LogP contribution >= 0.6 is 11.8 Å². The van der Waals surface area contributed by atoms with Gasteiger partial charge in [0, 0.05) is 17.1 Å². The minimum atomic E-state index is 0.404. The molecule has 2 heterocycles. The molecule has 22 heavy (non-hydrogen) atoms. The summed E-state index contributed by atoms with van der Waals surface area (Å²) in [4.78, 5) is 0. The second kappa shape index (κ2) is 5.90. The number of allylic oxidation sites excluding steroid dienone is 2. The fourth-order valence-corrected chi connectivity index (χ4v) is 3.36. The lowest BCUT2D eigenvalue weighted by Gasteiger charge is -2.29. The molecule has 0 bridgehead atoms. The van der Waals surface area contributed by atoms with Crippen molar-refractivity contribution < 1.29 is 0 Å². The Labute approximate surface area is 135 Å². The normalized spacial score (nSPS) is 17.8. The van der Waals surface area contributed by atoms with Crippen LogP contribution in [0.5, 0.6) is 0 Å². The van der Waals surface area contributed by atoms with Gasteiger partial charge in [-0.2, -0.15) is 22.1 Å². The Bertz CT molecular complexity index is 720. The van der Waals surface area contributed by atoms with E-state index in [1.807, 2.05) is 18.2 Å². The molecule has 0 saturated carbocycles. The van der Waals surface area contributed by atoms with E-state index in [1.165, 1.54) is 5.56 Å². The predicted octanol–water partition coefficient (Wildman–Crippen LogP) is 3.35. The Hall–Kier alpha value is -2.19. The van der Waals surface area contributed by atoms with Crippen molar-refractivity contribution in [3.8, 4) is 6.07 Å². The number of nitrogens with two attached hydrogens (primary N) is 1. The molecule has 2 N–H and O–H groups in total. The van der Waals surface area contributed by atoms with Crippen molar-refractivity contribution in [3.63, 3.8) is 0 Å². The van der Waals surface area contributed by atoms with Crippen molar-refractivity contribution >= 4 is 23.2 Å². The standard InChI is InChI=1S/C17H18N4S/c1-11(2)12-3-5-13(6-4-12)21-17(19)15(9-18)14-7-8-22-10-16(14)20-21/h3-7,11H,8,10,19H2,1-2H3. The number of fused-ring (bicyclic) bond motifs is 1. The zero-order valence-electron chi connectivity index (χ0n) is 12.7. The van der Waals surface area contributed by atoms with Crippen LogP contribution in [-0.2, 0) is 0 Å². The predicted molar refractivity (Wildman–Crippen MR) is 92.7 cm³/mol. The van der Waals surface area contributed by atoms with Crippen LogP contribution in [0.4, 0.5) is 5.69 Å². The van der Waals surface area contributed by atoms with E-state index in [9.17, 15) is 5.26 Å². The Morgan fingerprint density at radius 1 is 1.32 bits per heavy atom. The molecule has 0 radical (unpaired) electrons. The summed E-state index contributed by atoms with van der Waals surface area (Å²) in [5.41, 5.74) is 10.7. The van der Waals surface area contributed by atoms with Gasteiger partial charge in [0.25, 0.3) is 0 Å². The van der Waals surface area contributed by atoms with Crippen molar-refractivity contribution in [2.45, 2.75) is 19.8 Å². The second-order valence-corrected chi connectivity index (χ2v) is 6.64. The number of hydrogen-bond donors (Lipinski definition) is 1. The monoisotopic (exact) mass is 310 g/mol. The first-order chi connectivity index (χ1) is 10.6. The molecule has 4 nitrogen and oxygen atoms in total. The first-order valence-electron chi connectivity index (χ1n) is 7.28. The molecule has 1 aromatic carbocycles. The van der Waals surface area contributed by atoms with E-state index in [0.717, 1.165) is 28.5 Å². The van der Waals surface area contributed by atoms with E-state index in [2.05, 4.69) is 37.2 Å². The molecule has 0 aliphatic carbocycles. The quantitative estimate of drug-likeness (QED) is 0.909. The summed E-state index contributed by atoms with van der Waals surface area (Å²) >= 11 is 1.79. The Morgan fingerprint density at radius 2 is 2.05 bits per heavy atom. The molecule has 2 aliphatic heterocycles. The lowest BCUT2D eigenvalue weighted by atomic mass is 10.00. The van der Waals surface area contributed by atoms with Crippen molar-refractivity contribution in [2.75, 3.05) is 16.5 Å². The maximum absolute atomic E-state index is 9.46. The molecular weight excluding hydrogens is 292 g/mol. The molecular formula is C17H18N4S. The smallest absolute Gasteiger partial charge is 0.144 e. The Morgan fingerprint density at radius 3 is 2.68 bits per heavy atom. The van der Waals surface area contributed by atoms with Gasteiger partial charge in [0.15, 0.2) is 0 Å². The zero-order valence-corrected chi connectivity index (χ0v) is 13.5. The third kappa shape index (κ3) is 2.51. The van der Waals surface area contributed by atoms with E-state index < -0.39 is 0 Å². The highest BCUT2D eigenvalue weighted by Crippen LogP contribution is 2.31. The van der Waals surface area contributed by atoms with Crippen LogP contribution in [0.15, 0.2) is 52.4 Å². The van der Waals surface area contributed by atoms with Gasteiger partial charge in [0.2, 0.25) is 0 Å². The number of rotatable bonds is 2. The minimum absolute atomic E-state index is 0.404. The lowest BCUT2D eigenvalue weighted by Crippen LogP contribution is -2.33. The highest BCUT2D eigenvalue weighted by atomic mass is 32.2. The highest BCUT2D eigenvalue weighted by molar-refractivity contribution is 8.00. The van der Waals surface area contributed by atoms with Gasteiger partial charge in [-0.1, -0.05) is 32.1 Å². The van der Waals surface area contributed by atoms with E-state index >= 15 is 0 Å². The molecule has 0 fully saturated rings. The number of hydrazone groups is 1. The maximum Gasteiger partial charge on any atom is 0.144 e. The molecule has 0 aromatic heterocycles. The molecule has 1 aromatic rings. The summed E-state index contributed by atoms with van der Waals surface area (Å²) in [6, 6.07) is 10.4. The largest absolute Gasteiger partial charge is 0.383 e. The van der Waals surface area contributed by atoms with Gasteiger partial charge in [-0.25, -0.2) is 5.01 Å². The number of anilines is 1. The molecule has 0 atom stereocenters. The maximum atomic E-state index is 9.46. The average Bonchev–Trinajstić information content (AvgIpc) is 2.54. The fraction of sp³-hybridized carbons (Fsp3) is 0.294. The highest BCUT2D eigenvalue weighted by Gasteiger charge is 2.27. The van der Waals surface area contributed by atoms with E-state index in [4.69, 9.17) is 5.73 Å². The molecule has 0 unspecified atom stereocenters. The number of nitriles is 1. The van der Waals surface area contributed by atoms with Gasteiger partial charge in [-0.05, 0) is 23.6 Å². The summed E-state index contributed by atoms with van der Waals surface area (Å²) in [7, 11) is 0. The first kappa shape index (κ1) is 14.7. The third-order valence-electron chi connectivity index (χ3n) is 3.85. The van der Waals surface area contributed by atoms with Crippen LogP contribution in [0.2, 0.25) is 0 Å². The lowest BCUT2D eigenvalue weighted by molar-refractivity contribution is 0.864. The number of benzene rings is 1. The summed E-state index contributed by atoms with van der Waals surface area (Å²) in [5, 5.41) is 15.8. The van der Waals surface area contributed by atoms with E-state index in [1.54, 1.807) is 16.8 Å². The van der Waals surface area contributed by atoms with Gasteiger partial charge >= 0.3 is 0 Å². The topological polar surface area (TPSA) is 65.4 Å². The van der Waals surface area contributed by atoms with Gasteiger partial charge in [-0.3, -0.25) is 0 Å². The van der Waals surface area contributed by atoms with Crippen LogP contribution in [0.1, 0.15) is 25.3 Å². The summed E-state index contributed by atoms with van der Waals surface area (Å²) < 4.78 is 0. The summed E-state index contributed by atoms with van der Waals surface area (Å²) in [5.74, 6) is 2.59. The van der Waals surface area contributed by atoms with E-state index in [-0.39, 0.29) is 0 Å². The number of nitrogens with zero attached hydrogens (tertiary/aromatic N) is 3. The fourth-order valence-electron chi connectivity index (χ4n) is 2.56. The van der Waals surface area contributed by atoms with Crippen LogP contribution in [0, 0.1) is 11.3 Å². The van der Waals surface area contributed by atoms with Crippen molar-refractivity contribution in [1.82, 2.24) is 0 Å². The Balaban J connectivity index is 2.03. The van der Waals surface area contributed by atoms with Crippen molar-refractivity contribution in [2.24, 2.45) is 10.8 Å². The molecule has 3 rings (SSSR count). The Kier molecular flexibility index (Phi) is 3.95. The van der Waals surface area contributed by atoms with Crippen molar-refractivity contribution in [3.05, 3.63) is 52.9 Å². The second-order valence-electron chi connectivity index (χ2n) is 5.61. The molecule has 112 valence electrons. The van der Waals surface area contributed by atoms with Gasteiger partial charge in [0.1, 0.15) is 17.5 Å².